The molecule has 0 bridgehead atoms. The molecule has 0 heterocycles. The van der Waals surface area contributed by atoms with E-state index in [9.17, 15) is 22.8 Å². The lowest BCUT2D eigenvalue weighted by Crippen LogP contribution is -2.53. The maximum Gasteiger partial charge on any atom is 0.490 e. The standard InChI is InChI=1S/C27H41F3O4/c1-16(15-22(23(31)33-4)34-24(32)27(28,29)30)19-10-11-20-18-9-8-17-7-5-6-13-25(17,2)21(18)12-14-26(19,20)3/h16-22H,5-15H2,1-4H3/t16-,17?,18+,19-,20+,21+,22?,25+,26-/m1/s1. The predicted octanol–water partition coefficient (Wildman–Crippen LogP) is 6.71. The van der Waals surface area contributed by atoms with Crippen LogP contribution >= 0.6 is 0 Å². The molecule has 0 aromatic rings. The van der Waals surface area contributed by atoms with Gasteiger partial charge in [-0.1, -0.05) is 33.6 Å². The monoisotopic (exact) mass is 486 g/mol. The van der Waals surface area contributed by atoms with E-state index in [0.717, 1.165) is 44.1 Å². The molecule has 0 spiro atoms. The molecule has 4 aliphatic rings. The molecule has 4 saturated carbocycles. The summed E-state index contributed by atoms with van der Waals surface area (Å²) in [7, 11) is 1.11. The lowest BCUT2D eigenvalue weighted by molar-refractivity contribution is -0.208. The van der Waals surface area contributed by atoms with Gasteiger partial charge in [0.15, 0.2) is 6.10 Å². The highest BCUT2D eigenvalue weighted by atomic mass is 19.4. The Morgan fingerprint density at radius 3 is 2.32 bits per heavy atom. The molecule has 194 valence electrons. The Bertz CT molecular complexity index is 782. The SMILES string of the molecule is COC(=O)C(C[C@@H](C)[C@H]1CC[C@H]2[C@@H]3CCC4CCCC[C@]4(C)[C@H]3CC[C@]12C)OC(=O)C(F)(F)F. The van der Waals surface area contributed by atoms with Crippen molar-refractivity contribution in [1.29, 1.82) is 0 Å². The topological polar surface area (TPSA) is 52.6 Å². The normalized spacial score (nSPS) is 41.4. The highest BCUT2D eigenvalue weighted by molar-refractivity contribution is 5.81. The number of hydrogen-bond acceptors (Lipinski definition) is 4. The van der Waals surface area contributed by atoms with Crippen molar-refractivity contribution < 1.29 is 32.2 Å². The molecular formula is C27H41F3O4. The quantitative estimate of drug-likeness (QED) is 0.405. The van der Waals surface area contributed by atoms with Crippen molar-refractivity contribution in [3.05, 3.63) is 0 Å². The van der Waals surface area contributed by atoms with Crippen LogP contribution in [-0.2, 0) is 19.1 Å². The zero-order valence-corrected chi connectivity index (χ0v) is 21.1. The summed E-state index contributed by atoms with van der Waals surface area (Å²) in [6, 6.07) is 0. The van der Waals surface area contributed by atoms with Gasteiger partial charge in [0.2, 0.25) is 0 Å². The summed E-state index contributed by atoms with van der Waals surface area (Å²) >= 11 is 0. The molecule has 0 saturated heterocycles. The third-order valence-corrected chi connectivity index (χ3v) is 10.9. The molecule has 2 unspecified atom stereocenters. The summed E-state index contributed by atoms with van der Waals surface area (Å²) in [6.45, 7) is 6.94. The Labute approximate surface area is 201 Å². The van der Waals surface area contributed by atoms with Crippen LogP contribution in [0.15, 0.2) is 0 Å². The molecule has 0 aliphatic heterocycles. The summed E-state index contributed by atoms with van der Waals surface area (Å²) < 4.78 is 47.6. The molecule has 34 heavy (non-hydrogen) atoms. The van der Waals surface area contributed by atoms with Crippen LogP contribution in [0.1, 0.15) is 91.4 Å². The lowest BCUT2D eigenvalue weighted by Gasteiger charge is -2.61. The summed E-state index contributed by atoms with van der Waals surface area (Å²) in [5.41, 5.74) is 0.584. The number of carbonyl (C=O) groups excluding carboxylic acids is 2. The van der Waals surface area contributed by atoms with Gasteiger partial charge in [0, 0.05) is 0 Å². The summed E-state index contributed by atoms with van der Waals surface area (Å²) in [6.07, 6.45) is 6.06. The number of fused-ring (bicyclic) bond motifs is 5. The first-order valence-corrected chi connectivity index (χ1v) is 13.3. The maximum absolute atomic E-state index is 12.8. The fraction of sp³-hybridized carbons (Fsp3) is 0.926. The van der Waals surface area contributed by atoms with Crippen LogP contribution in [0.2, 0.25) is 0 Å². The molecule has 0 aromatic heterocycles. The molecule has 0 amide bonds. The van der Waals surface area contributed by atoms with Gasteiger partial charge in [-0.25, -0.2) is 9.59 Å². The average Bonchev–Trinajstić information content (AvgIpc) is 3.14. The van der Waals surface area contributed by atoms with Crippen LogP contribution in [0.3, 0.4) is 0 Å². The molecule has 0 N–H and O–H groups in total. The smallest absolute Gasteiger partial charge is 0.466 e. The van der Waals surface area contributed by atoms with Crippen molar-refractivity contribution in [1.82, 2.24) is 0 Å². The van der Waals surface area contributed by atoms with E-state index in [-0.39, 0.29) is 17.8 Å². The minimum Gasteiger partial charge on any atom is -0.466 e. The first-order chi connectivity index (χ1) is 15.9. The van der Waals surface area contributed by atoms with Gasteiger partial charge in [-0.05, 0) is 104 Å². The Morgan fingerprint density at radius 1 is 0.941 bits per heavy atom. The van der Waals surface area contributed by atoms with Crippen molar-refractivity contribution in [3.63, 3.8) is 0 Å². The van der Waals surface area contributed by atoms with Gasteiger partial charge in [-0.2, -0.15) is 13.2 Å². The number of ether oxygens (including phenoxy) is 2. The average molecular weight is 487 g/mol. The molecule has 4 nitrogen and oxygen atoms in total. The Hall–Kier alpha value is -1.27. The van der Waals surface area contributed by atoms with Gasteiger partial charge in [-0.15, -0.1) is 0 Å². The molecule has 4 fully saturated rings. The van der Waals surface area contributed by atoms with Crippen molar-refractivity contribution in [2.45, 2.75) is 104 Å². The van der Waals surface area contributed by atoms with E-state index in [1.807, 2.05) is 6.92 Å². The number of halogens is 3. The van der Waals surface area contributed by atoms with Crippen LogP contribution in [-0.4, -0.2) is 31.3 Å². The molecule has 7 heteroatoms. The largest absolute Gasteiger partial charge is 0.490 e. The van der Waals surface area contributed by atoms with Crippen LogP contribution in [0.4, 0.5) is 13.2 Å². The van der Waals surface area contributed by atoms with Gasteiger partial charge < -0.3 is 9.47 Å². The van der Waals surface area contributed by atoms with Crippen molar-refractivity contribution >= 4 is 11.9 Å². The van der Waals surface area contributed by atoms with Gasteiger partial charge in [0.25, 0.3) is 0 Å². The second-order valence-electron chi connectivity index (χ2n) is 12.3. The minimum absolute atomic E-state index is 0.0433. The van der Waals surface area contributed by atoms with Crippen LogP contribution in [0.5, 0.6) is 0 Å². The number of hydrogen-bond donors (Lipinski definition) is 0. The molecule has 0 radical (unpaired) electrons. The van der Waals surface area contributed by atoms with E-state index in [2.05, 4.69) is 23.3 Å². The summed E-state index contributed by atoms with van der Waals surface area (Å²) in [5, 5.41) is 0. The second kappa shape index (κ2) is 9.31. The number of carbonyl (C=O) groups is 2. The molecule has 4 rings (SSSR count). The van der Waals surface area contributed by atoms with Crippen molar-refractivity contribution in [2.75, 3.05) is 7.11 Å². The van der Waals surface area contributed by atoms with E-state index in [1.165, 1.54) is 44.9 Å². The van der Waals surface area contributed by atoms with E-state index >= 15 is 0 Å². The third kappa shape index (κ3) is 4.38. The highest BCUT2D eigenvalue weighted by Crippen LogP contribution is 2.68. The Kier molecular flexibility index (Phi) is 7.07. The minimum atomic E-state index is -5.13. The highest BCUT2D eigenvalue weighted by Gasteiger charge is 2.60. The van der Waals surface area contributed by atoms with Crippen LogP contribution in [0.25, 0.3) is 0 Å². The van der Waals surface area contributed by atoms with Crippen LogP contribution < -0.4 is 0 Å². The Morgan fingerprint density at radius 2 is 1.65 bits per heavy atom. The number of alkyl halides is 3. The molecular weight excluding hydrogens is 445 g/mol. The fourth-order valence-corrected chi connectivity index (χ4v) is 9.29. The fourth-order valence-electron chi connectivity index (χ4n) is 9.29. The Balaban J connectivity index is 1.48. The van der Waals surface area contributed by atoms with Crippen LogP contribution in [0, 0.1) is 46.3 Å². The third-order valence-electron chi connectivity index (χ3n) is 10.9. The van der Waals surface area contributed by atoms with Gasteiger partial charge in [-0.3, -0.25) is 0 Å². The molecule has 0 aromatic carbocycles. The van der Waals surface area contributed by atoms with Gasteiger partial charge >= 0.3 is 18.1 Å². The first-order valence-electron chi connectivity index (χ1n) is 13.3. The zero-order chi connectivity index (χ0) is 24.9. The number of methoxy groups -OCH3 is 1. The predicted molar refractivity (Wildman–Crippen MR) is 122 cm³/mol. The van der Waals surface area contributed by atoms with E-state index in [4.69, 9.17) is 0 Å². The van der Waals surface area contributed by atoms with Gasteiger partial charge in [0.05, 0.1) is 7.11 Å². The second-order valence-corrected chi connectivity index (χ2v) is 12.3. The van der Waals surface area contributed by atoms with Crippen molar-refractivity contribution in [3.8, 4) is 0 Å². The first kappa shape index (κ1) is 25.8. The number of rotatable bonds is 5. The van der Waals surface area contributed by atoms with Gasteiger partial charge in [0.1, 0.15) is 0 Å². The zero-order valence-electron chi connectivity index (χ0n) is 21.1. The lowest BCUT2D eigenvalue weighted by atomic mass is 9.44. The summed E-state index contributed by atoms with van der Waals surface area (Å²) in [4.78, 5) is 23.6. The van der Waals surface area contributed by atoms with E-state index < -0.39 is 24.2 Å². The van der Waals surface area contributed by atoms with Crippen molar-refractivity contribution in [2.24, 2.45) is 46.3 Å². The number of esters is 2. The van der Waals surface area contributed by atoms with E-state index in [1.54, 1.807) is 0 Å². The summed E-state index contributed by atoms with van der Waals surface area (Å²) in [5.74, 6) is 0.0224. The maximum atomic E-state index is 12.8. The van der Waals surface area contributed by atoms with E-state index in [0.29, 0.717) is 17.3 Å². The molecule has 9 atom stereocenters. The molecule has 4 aliphatic carbocycles.